The first-order valence-corrected chi connectivity index (χ1v) is 10.3. The van der Waals surface area contributed by atoms with Gasteiger partial charge in [0.25, 0.3) is 5.91 Å². The molecule has 0 atom stereocenters. The zero-order chi connectivity index (χ0) is 21.5. The molecule has 2 aromatic carbocycles. The second-order valence-electron chi connectivity index (χ2n) is 7.76. The quantitative estimate of drug-likeness (QED) is 0.675. The summed E-state index contributed by atoms with van der Waals surface area (Å²) in [6.45, 7) is 1.74. The molecule has 0 saturated carbocycles. The molecule has 31 heavy (non-hydrogen) atoms. The van der Waals surface area contributed by atoms with E-state index in [1.807, 2.05) is 22.8 Å². The van der Waals surface area contributed by atoms with Crippen LogP contribution in [0.3, 0.4) is 0 Å². The number of rotatable bonds is 3. The number of benzene rings is 2. The van der Waals surface area contributed by atoms with E-state index >= 15 is 0 Å². The summed E-state index contributed by atoms with van der Waals surface area (Å²) >= 11 is 0. The number of allylic oxidation sites excluding steroid dienone is 1. The highest BCUT2D eigenvalue weighted by atomic mass is 19.1. The second kappa shape index (κ2) is 7.54. The molecule has 0 unspecified atom stereocenters. The van der Waals surface area contributed by atoms with Crippen molar-refractivity contribution in [3.63, 3.8) is 0 Å². The summed E-state index contributed by atoms with van der Waals surface area (Å²) in [6.07, 6.45) is 1.28. The molecule has 3 aromatic rings. The Bertz CT molecular complexity index is 1240. The number of aliphatic hydroxyl groups excluding tert-OH is 1. The first kappa shape index (κ1) is 19.3. The van der Waals surface area contributed by atoms with Crippen molar-refractivity contribution in [2.24, 2.45) is 0 Å². The molecule has 7 nitrogen and oxygen atoms in total. The van der Waals surface area contributed by atoms with Gasteiger partial charge in [-0.25, -0.2) is 9.37 Å². The highest BCUT2D eigenvalue weighted by molar-refractivity contribution is 6.25. The number of ketones is 1. The second-order valence-corrected chi connectivity index (χ2v) is 7.76. The number of nitrogens with one attached hydrogen (secondary N) is 1. The van der Waals surface area contributed by atoms with E-state index in [-0.39, 0.29) is 29.2 Å². The fourth-order valence-corrected chi connectivity index (χ4v) is 4.25. The van der Waals surface area contributed by atoms with Crippen LogP contribution in [0.5, 0.6) is 0 Å². The Morgan fingerprint density at radius 1 is 1.03 bits per heavy atom. The summed E-state index contributed by atoms with van der Waals surface area (Å²) in [7, 11) is 0. The standard InChI is InChI=1S/C23H21FN4O3/c24-15-4-1-2-5-16(15)25-23(31)20-19(30)10-13-28-18-7-3-6-17(21(18)26-22(20)28)27-11-8-14(29)9-12-27/h1-7,30H,8-13H2,(H,25,31). The smallest absolute Gasteiger partial charge is 0.262 e. The van der Waals surface area contributed by atoms with Gasteiger partial charge in [-0.15, -0.1) is 0 Å². The van der Waals surface area contributed by atoms with Gasteiger partial charge in [0.2, 0.25) is 0 Å². The van der Waals surface area contributed by atoms with Crippen LogP contribution in [-0.4, -0.2) is 39.4 Å². The fraction of sp³-hybridized carbons (Fsp3) is 0.261. The van der Waals surface area contributed by atoms with Gasteiger partial charge in [-0.3, -0.25) is 9.59 Å². The SMILES string of the molecule is O=C1CCN(c2cccc3c2nc2n3CCC(O)=C2C(=O)Nc2ccccc2F)CC1. The maximum absolute atomic E-state index is 14.0. The number of aliphatic hydroxyl groups is 1. The van der Waals surface area contributed by atoms with Gasteiger partial charge in [-0.05, 0) is 24.3 Å². The lowest BCUT2D eigenvalue weighted by Gasteiger charge is -2.28. The lowest BCUT2D eigenvalue weighted by atomic mass is 10.1. The van der Waals surface area contributed by atoms with Crippen molar-refractivity contribution < 1.29 is 19.1 Å². The topological polar surface area (TPSA) is 87.5 Å². The van der Waals surface area contributed by atoms with Crippen LogP contribution in [0.4, 0.5) is 15.8 Å². The average Bonchev–Trinajstić information content (AvgIpc) is 3.14. The van der Waals surface area contributed by atoms with E-state index in [0.29, 0.717) is 38.3 Å². The number of carbonyl (C=O) groups excluding carboxylic acids is 2. The number of piperidine rings is 1. The lowest BCUT2D eigenvalue weighted by Crippen LogP contribution is -2.33. The number of para-hydroxylation sites is 2. The first-order chi connectivity index (χ1) is 15.0. The molecule has 2 aliphatic rings. The summed E-state index contributed by atoms with van der Waals surface area (Å²) < 4.78 is 15.9. The monoisotopic (exact) mass is 420 g/mol. The lowest BCUT2D eigenvalue weighted by molar-refractivity contribution is -0.119. The molecule has 1 fully saturated rings. The predicted octanol–water partition coefficient (Wildman–Crippen LogP) is 3.66. The first-order valence-electron chi connectivity index (χ1n) is 10.3. The molecule has 0 radical (unpaired) electrons. The largest absolute Gasteiger partial charge is 0.511 e. The normalized spacial score (nSPS) is 16.5. The zero-order valence-corrected chi connectivity index (χ0v) is 16.8. The third kappa shape index (κ3) is 3.34. The molecule has 158 valence electrons. The number of amides is 1. The van der Waals surface area contributed by atoms with Gasteiger partial charge in [-0.1, -0.05) is 18.2 Å². The van der Waals surface area contributed by atoms with Gasteiger partial charge < -0.3 is 19.9 Å². The van der Waals surface area contributed by atoms with Crippen LogP contribution >= 0.6 is 0 Å². The number of imidazole rings is 1. The van der Waals surface area contributed by atoms with Crippen LogP contribution in [0.15, 0.2) is 48.2 Å². The molecule has 8 heteroatoms. The highest BCUT2D eigenvalue weighted by Gasteiger charge is 2.30. The molecule has 5 rings (SSSR count). The van der Waals surface area contributed by atoms with Gasteiger partial charge in [0.05, 0.1) is 16.9 Å². The number of anilines is 2. The van der Waals surface area contributed by atoms with Gasteiger partial charge >= 0.3 is 0 Å². The molecular formula is C23H21FN4O3. The van der Waals surface area contributed by atoms with Gasteiger partial charge in [0.1, 0.15) is 34.3 Å². The molecule has 3 heterocycles. The van der Waals surface area contributed by atoms with Crippen LogP contribution in [0, 0.1) is 5.82 Å². The highest BCUT2D eigenvalue weighted by Crippen LogP contribution is 2.35. The minimum Gasteiger partial charge on any atom is -0.511 e. The number of aromatic nitrogens is 2. The Balaban J connectivity index is 1.56. The third-order valence-corrected chi connectivity index (χ3v) is 5.85. The van der Waals surface area contributed by atoms with Gasteiger partial charge in [0.15, 0.2) is 0 Å². The predicted molar refractivity (Wildman–Crippen MR) is 115 cm³/mol. The van der Waals surface area contributed by atoms with E-state index < -0.39 is 11.7 Å². The van der Waals surface area contributed by atoms with Crippen LogP contribution in [0.2, 0.25) is 0 Å². The molecule has 1 saturated heterocycles. The molecule has 1 amide bonds. The Morgan fingerprint density at radius 2 is 1.81 bits per heavy atom. The number of hydrogen-bond acceptors (Lipinski definition) is 5. The van der Waals surface area contributed by atoms with Crippen molar-refractivity contribution in [2.45, 2.75) is 25.8 Å². The van der Waals surface area contributed by atoms with Crippen LogP contribution in [-0.2, 0) is 16.1 Å². The summed E-state index contributed by atoms with van der Waals surface area (Å²) in [5.41, 5.74) is 2.57. The molecule has 1 aromatic heterocycles. The molecule has 0 bridgehead atoms. The van der Waals surface area contributed by atoms with Crippen molar-refractivity contribution in [1.29, 1.82) is 0 Å². The molecular weight excluding hydrogens is 399 g/mol. The Hall–Kier alpha value is -3.68. The number of Topliss-reactive ketones (excluding diaryl/α,β-unsaturated/α-hetero) is 1. The maximum atomic E-state index is 14.0. The molecule has 2 N–H and O–H groups in total. The number of aryl methyl sites for hydroxylation is 1. The van der Waals surface area contributed by atoms with E-state index in [2.05, 4.69) is 10.2 Å². The fourth-order valence-electron chi connectivity index (χ4n) is 4.25. The number of fused-ring (bicyclic) bond motifs is 3. The minimum absolute atomic E-state index is 0.0414. The van der Waals surface area contributed by atoms with E-state index in [4.69, 9.17) is 4.98 Å². The number of nitrogens with zero attached hydrogens (tertiary/aromatic N) is 3. The summed E-state index contributed by atoms with van der Waals surface area (Å²) in [6, 6.07) is 11.7. The third-order valence-electron chi connectivity index (χ3n) is 5.85. The Labute approximate surface area is 177 Å². The maximum Gasteiger partial charge on any atom is 0.262 e. The van der Waals surface area contributed by atoms with E-state index in [1.54, 1.807) is 6.07 Å². The van der Waals surface area contributed by atoms with Gasteiger partial charge in [-0.2, -0.15) is 0 Å². The van der Waals surface area contributed by atoms with E-state index in [1.165, 1.54) is 18.2 Å². The van der Waals surface area contributed by atoms with Crippen molar-refractivity contribution in [1.82, 2.24) is 9.55 Å². The minimum atomic E-state index is -0.607. The van der Waals surface area contributed by atoms with E-state index in [9.17, 15) is 19.1 Å². The number of halogens is 1. The van der Waals surface area contributed by atoms with Crippen molar-refractivity contribution in [3.05, 3.63) is 59.9 Å². The van der Waals surface area contributed by atoms with Crippen LogP contribution in [0.1, 0.15) is 25.1 Å². The Morgan fingerprint density at radius 3 is 2.58 bits per heavy atom. The molecule has 0 spiro atoms. The number of carbonyl (C=O) groups is 2. The van der Waals surface area contributed by atoms with Crippen molar-refractivity contribution >= 4 is 39.7 Å². The molecule has 2 aliphatic heterocycles. The van der Waals surface area contributed by atoms with Gasteiger partial charge in [0, 0.05) is 38.9 Å². The Kier molecular flexibility index (Phi) is 4.69. The van der Waals surface area contributed by atoms with Crippen LogP contribution in [0.25, 0.3) is 16.6 Å². The van der Waals surface area contributed by atoms with E-state index in [0.717, 1.165) is 16.7 Å². The van der Waals surface area contributed by atoms with Crippen LogP contribution < -0.4 is 10.2 Å². The number of hydrogen-bond donors (Lipinski definition) is 2. The summed E-state index contributed by atoms with van der Waals surface area (Å²) in [4.78, 5) is 31.5. The van der Waals surface area contributed by atoms with Crippen molar-refractivity contribution in [3.8, 4) is 0 Å². The van der Waals surface area contributed by atoms with Crippen molar-refractivity contribution in [2.75, 3.05) is 23.3 Å². The summed E-state index contributed by atoms with van der Waals surface area (Å²) in [5.74, 6) is -0.617. The molecule has 0 aliphatic carbocycles. The average molecular weight is 420 g/mol. The summed E-state index contributed by atoms with van der Waals surface area (Å²) in [5, 5.41) is 13.1. The zero-order valence-electron chi connectivity index (χ0n) is 16.8.